The topological polar surface area (TPSA) is 115 Å². The van der Waals surface area contributed by atoms with Gasteiger partial charge in [-0.25, -0.2) is 23.1 Å². The summed E-state index contributed by atoms with van der Waals surface area (Å²) in [6.45, 7) is 0. The number of hydrogen-bond acceptors (Lipinski definition) is 6. The number of benzene rings is 1. The summed E-state index contributed by atoms with van der Waals surface area (Å²) in [6, 6.07) is 9.69. The van der Waals surface area contributed by atoms with E-state index >= 15 is 0 Å². The zero-order valence-electron chi connectivity index (χ0n) is 10.5. The summed E-state index contributed by atoms with van der Waals surface area (Å²) >= 11 is 5.91. The average Bonchev–Trinajstić information content (AvgIpc) is 2.83. The quantitative estimate of drug-likeness (QED) is 0.605. The highest BCUT2D eigenvalue weighted by Crippen LogP contribution is 2.16. The minimum Gasteiger partial charge on any atom is -0.323 e. The third kappa shape index (κ3) is 4.38. The predicted octanol–water partition coefficient (Wildman–Crippen LogP) is 0.993. The standard InChI is InChI=1S/C11H8ClN5.H3NO2S/c12-9-10-15-11(16-17(10)7-6-13-9)14-8-4-2-1-3-5-8;1-4(2)3/h1-7H,(H,14,16);4H,(H2,1,2,3). The summed E-state index contributed by atoms with van der Waals surface area (Å²) < 4.78 is 19.2. The molecule has 2 aromatic heterocycles. The lowest BCUT2D eigenvalue weighted by Gasteiger charge is -1.98. The second kappa shape index (κ2) is 6.97. The van der Waals surface area contributed by atoms with Crippen molar-refractivity contribution >= 4 is 39.8 Å². The fraction of sp³-hybridized carbons (Fsp3) is 0. The van der Waals surface area contributed by atoms with Gasteiger partial charge >= 0.3 is 0 Å². The molecule has 3 N–H and O–H groups in total. The number of halogens is 1. The number of nitrogens with two attached hydrogens (primary N) is 1. The normalized spacial score (nSPS) is 10.2. The molecule has 0 aliphatic carbocycles. The number of nitrogens with one attached hydrogen (secondary N) is 1. The van der Waals surface area contributed by atoms with Crippen LogP contribution in [0.15, 0.2) is 42.7 Å². The van der Waals surface area contributed by atoms with Crippen LogP contribution in [0.4, 0.5) is 11.6 Å². The highest BCUT2D eigenvalue weighted by Gasteiger charge is 2.06. The summed E-state index contributed by atoms with van der Waals surface area (Å²) in [5.41, 5.74) is 1.46. The third-order valence-corrected chi connectivity index (χ3v) is 2.51. The monoisotopic (exact) mass is 326 g/mol. The third-order valence-electron chi connectivity index (χ3n) is 2.24. The maximum absolute atomic E-state index is 8.81. The highest BCUT2D eigenvalue weighted by molar-refractivity contribution is 7.69. The maximum Gasteiger partial charge on any atom is 0.247 e. The van der Waals surface area contributed by atoms with Crippen molar-refractivity contribution in [1.82, 2.24) is 19.6 Å². The van der Waals surface area contributed by atoms with E-state index in [-0.39, 0.29) is 0 Å². The summed E-state index contributed by atoms with van der Waals surface area (Å²) in [4.78, 5) is 8.20. The minimum absolute atomic E-state index is 0.334. The van der Waals surface area contributed by atoms with Crippen molar-refractivity contribution in [2.24, 2.45) is 5.14 Å². The van der Waals surface area contributed by atoms with Gasteiger partial charge in [0.2, 0.25) is 5.95 Å². The van der Waals surface area contributed by atoms with Crippen molar-refractivity contribution < 1.29 is 8.42 Å². The molecule has 0 fully saturated rings. The van der Waals surface area contributed by atoms with Crippen LogP contribution in [0, 0.1) is 0 Å². The molecule has 8 nitrogen and oxygen atoms in total. The molecule has 10 heteroatoms. The van der Waals surface area contributed by atoms with Crippen molar-refractivity contribution in [3.63, 3.8) is 0 Å². The van der Waals surface area contributed by atoms with Crippen LogP contribution >= 0.6 is 11.6 Å². The molecule has 110 valence electrons. The van der Waals surface area contributed by atoms with E-state index in [2.05, 4.69) is 25.5 Å². The number of rotatable bonds is 2. The summed E-state index contributed by atoms with van der Waals surface area (Å²) in [5, 5.41) is 11.7. The Bertz CT molecular complexity index is 797. The molecular weight excluding hydrogens is 316 g/mol. The van der Waals surface area contributed by atoms with Gasteiger partial charge in [0, 0.05) is 18.1 Å². The van der Waals surface area contributed by atoms with Crippen LogP contribution in [0.25, 0.3) is 5.65 Å². The Morgan fingerprint density at radius 1 is 1.24 bits per heavy atom. The Kier molecular flexibility index (Phi) is 5.04. The fourth-order valence-corrected chi connectivity index (χ4v) is 1.68. The number of para-hydroxylation sites is 1. The lowest BCUT2D eigenvalue weighted by atomic mass is 10.3. The Balaban J connectivity index is 0.000000361. The van der Waals surface area contributed by atoms with Crippen LogP contribution in [0.5, 0.6) is 0 Å². The number of nitrogens with zero attached hydrogens (tertiary/aromatic N) is 4. The van der Waals surface area contributed by atoms with Crippen LogP contribution < -0.4 is 10.5 Å². The molecule has 0 atom stereocenters. The van der Waals surface area contributed by atoms with E-state index in [1.165, 1.54) is 0 Å². The zero-order valence-corrected chi connectivity index (χ0v) is 12.2. The van der Waals surface area contributed by atoms with Gasteiger partial charge in [0.1, 0.15) is 0 Å². The Morgan fingerprint density at radius 2 is 1.90 bits per heavy atom. The van der Waals surface area contributed by atoms with Gasteiger partial charge in [-0.1, -0.05) is 29.8 Å². The molecule has 0 unspecified atom stereocenters. The van der Waals surface area contributed by atoms with Crippen molar-refractivity contribution in [3.8, 4) is 0 Å². The van der Waals surface area contributed by atoms with Gasteiger partial charge < -0.3 is 5.32 Å². The van der Waals surface area contributed by atoms with Gasteiger partial charge in [-0.2, -0.15) is 4.98 Å². The maximum atomic E-state index is 8.81. The molecule has 0 aliphatic heterocycles. The van der Waals surface area contributed by atoms with Crippen LogP contribution in [-0.2, 0) is 10.9 Å². The minimum atomic E-state index is -2.62. The SMILES string of the molecule is Clc1nccn2nc(Nc3ccccc3)nc12.N[SH](=O)=O. The Morgan fingerprint density at radius 3 is 2.52 bits per heavy atom. The van der Waals surface area contributed by atoms with Crippen molar-refractivity contribution in [3.05, 3.63) is 47.9 Å². The second-order valence-corrected chi connectivity index (χ2v) is 4.63. The molecule has 0 aliphatic rings. The molecule has 1 aromatic carbocycles. The van der Waals surface area contributed by atoms with E-state index in [1.807, 2.05) is 30.3 Å². The van der Waals surface area contributed by atoms with E-state index < -0.39 is 10.9 Å². The largest absolute Gasteiger partial charge is 0.323 e. The molecule has 0 spiro atoms. The molecule has 0 saturated heterocycles. The molecule has 0 amide bonds. The van der Waals surface area contributed by atoms with Crippen molar-refractivity contribution in [2.45, 2.75) is 0 Å². The number of anilines is 2. The average molecular weight is 327 g/mol. The van der Waals surface area contributed by atoms with Crippen molar-refractivity contribution in [2.75, 3.05) is 5.32 Å². The second-order valence-electron chi connectivity index (χ2n) is 3.70. The molecule has 0 saturated carbocycles. The van der Waals surface area contributed by atoms with Crippen LogP contribution in [0.1, 0.15) is 0 Å². The van der Waals surface area contributed by atoms with Gasteiger partial charge in [-0.15, -0.1) is 5.10 Å². The summed E-state index contributed by atoms with van der Waals surface area (Å²) in [5.74, 6) is 0.492. The Hall–Kier alpha value is -2.23. The lowest BCUT2D eigenvalue weighted by Crippen LogP contribution is -1.92. The fourth-order valence-electron chi connectivity index (χ4n) is 1.49. The first kappa shape index (κ1) is 15.2. The Labute approximate surface area is 126 Å². The molecule has 0 radical (unpaired) electrons. The first-order chi connectivity index (χ1) is 10.1. The molecule has 2 heterocycles. The van der Waals surface area contributed by atoms with E-state index in [0.717, 1.165) is 5.69 Å². The van der Waals surface area contributed by atoms with Crippen LogP contribution in [-0.4, -0.2) is 28.0 Å². The first-order valence-corrected chi connectivity index (χ1v) is 7.27. The number of fused-ring (bicyclic) bond motifs is 1. The predicted molar refractivity (Wildman–Crippen MR) is 80.0 cm³/mol. The van der Waals surface area contributed by atoms with Crippen molar-refractivity contribution in [1.29, 1.82) is 0 Å². The van der Waals surface area contributed by atoms with Gasteiger partial charge in [0.25, 0.3) is 0 Å². The van der Waals surface area contributed by atoms with E-state index in [9.17, 15) is 0 Å². The highest BCUT2D eigenvalue weighted by atomic mass is 35.5. The van der Waals surface area contributed by atoms with E-state index in [0.29, 0.717) is 16.7 Å². The van der Waals surface area contributed by atoms with Gasteiger partial charge in [0.15, 0.2) is 21.7 Å². The lowest BCUT2D eigenvalue weighted by molar-refractivity contribution is 0.616. The first-order valence-electron chi connectivity index (χ1n) is 5.64. The number of thiol groups is 1. The van der Waals surface area contributed by atoms with Gasteiger partial charge in [-0.3, -0.25) is 0 Å². The van der Waals surface area contributed by atoms with Gasteiger partial charge in [0.05, 0.1) is 0 Å². The zero-order chi connectivity index (χ0) is 15.2. The van der Waals surface area contributed by atoms with Gasteiger partial charge in [-0.05, 0) is 12.1 Å². The van der Waals surface area contributed by atoms with Crippen LogP contribution in [0.3, 0.4) is 0 Å². The van der Waals surface area contributed by atoms with Crippen LogP contribution in [0.2, 0.25) is 5.15 Å². The smallest absolute Gasteiger partial charge is 0.247 e. The molecule has 21 heavy (non-hydrogen) atoms. The molecular formula is C11H11ClN6O2S. The molecule has 0 bridgehead atoms. The molecule has 3 rings (SSSR count). The summed E-state index contributed by atoms with van der Waals surface area (Å²) in [7, 11) is -2.62. The molecule has 3 aromatic rings. The van der Waals surface area contributed by atoms with E-state index in [4.69, 9.17) is 20.0 Å². The van der Waals surface area contributed by atoms with E-state index in [1.54, 1.807) is 16.9 Å². The number of aromatic nitrogens is 4. The summed E-state index contributed by atoms with van der Waals surface area (Å²) in [6.07, 6.45) is 3.28. The number of hydrogen-bond donors (Lipinski definition) is 3.